The van der Waals surface area contributed by atoms with Gasteiger partial charge >= 0.3 is 0 Å². The average Bonchev–Trinajstić information content (AvgIpc) is 3.44. The van der Waals surface area contributed by atoms with Crippen molar-refractivity contribution in [1.29, 1.82) is 5.26 Å². The first-order chi connectivity index (χ1) is 19.6. The Morgan fingerprint density at radius 1 is 1.02 bits per heavy atom. The second-order valence-electron chi connectivity index (χ2n) is 8.59. The van der Waals surface area contributed by atoms with Crippen LogP contribution < -0.4 is 14.8 Å². The smallest absolute Gasteiger partial charge is 0.257 e. The van der Waals surface area contributed by atoms with Gasteiger partial charge in [-0.3, -0.25) is 10.1 Å². The van der Waals surface area contributed by atoms with Gasteiger partial charge in [-0.05, 0) is 59.2 Å². The summed E-state index contributed by atoms with van der Waals surface area (Å²) in [6.45, 7) is 2.58. The fraction of sp³-hybridized carbons (Fsp3) is 0.0968. The van der Waals surface area contributed by atoms with E-state index in [-0.39, 0.29) is 16.6 Å². The number of fused-ring (bicyclic) bond motifs is 1. The van der Waals surface area contributed by atoms with Gasteiger partial charge in [0, 0.05) is 5.56 Å². The Kier molecular flexibility index (Phi) is 8.35. The van der Waals surface area contributed by atoms with Crippen LogP contribution in [-0.4, -0.2) is 22.7 Å². The van der Waals surface area contributed by atoms with Crippen LogP contribution in [0.15, 0.2) is 84.9 Å². The number of anilines is 1. The maximum atomic E-state index is 12.4. The van der Waals surface area contributed by atoms with Crippen LogP contribution in [0.25, 0.3) is 22.4 Å². The first kappa shape index (κ1) is 26.9. The van der Waals surface area contributed by atoms with E-state index >= 15 is 0 Å². The number of aromatic nitrogens is 2. The SMILES string of the molecule is CCOc1cc(C=C(C#N)c2nnc(NC(=O)c3ccccc3)s2)cc(Cl)c1OCc1cccc2ccccc12. The highest BCUT2D eigenvalue weighted by Gasteiger charge is 2.16. The molecule has 1 aromatic heterocycles. The van der Waals surface area contributed by atoms with E-state index < -0.39 is 0 Å². The van der Waals surface area contributed by atoms with E-state index in [0.29, 0.717) is 45.9 Å². The van der Waals surface area contributed by atoms with Crippen molar-refractivity contribution in [3.8, 4) is 17.6 Å². The summed E-state index contributed by atoms with van der Waals surface area (Å²) in [6.07, 6.45) is 1.65. The monoisotopic (exact) mass is 566 g/mol. The molecule has 40 heavy (non-hydrogen) atoms. The van der Waals surface area contributed by atoms with E-state index in [1.807, 2.05) is 37.3 Å². The zero-order chi connectivity index (χ0) is 27.9. The number of hydrogen-bond donors (Lipinski definition) is 1. The molecule has 0 saturated heterocycles. The first-order valence-corrected chi connectivity index (χ1v) is 13.6. The lowest BCUT2D eigenvalue weighted by atomic mass is 10.1. The number of hydrogen-bond acceptors (Lipinski definition) is 7. The predicted octanol–water partition coefficient (Wildman–Crippen LogP) is 7.64. The highest BCUT2D eigenvalue weighted by molar-refractivity contribution is 7.16. The summed E-state index contributed by atoms with van der Waals surface area (Å²) in [7, 11) is 0. The van der Waals surface area contributed by atoms with E-state index in [4.69, 9.17) is 21.1 Å². The number of benzene rings is 4. The van der Waals surface area contributed by atoms with Gasteiger partial charge in [0.05, 0.1) is 17.2 Å². The van der Waals surface area contributed by atoms with Crippen LogP contribution in [-0.2, 0) is 6.61 Å². The number of halogens is 1. The second kappa shape index (κ2) is 12.4. The lowest BCUT2D eigenvalue weighted by Gasteiger charge is -2.15. The lowest BCUT2D eigenvalue weighted by Crippen LogP contribution is -2.11. The number of ether oxygens (including phenoxy) is 2. The molecule has 0 saturated carbocycles. The molecule has 1 heterocycles. The lowest BCUT2D eigenvalue weighted by molar-refractivity contribution is 0.102. The van der Waals surface area contributed by atoms with Crippen LogP contribution >= 0.6 is 22.9 Å². The minimum absolute atomic E-state index is 0.264. The Hall–Kier alpha value is -4.71. The Balaban J connectivity index is 1.37. The van der Waals surface area contributed by atoms with Crippen molar-refractivity contribution in [2.24, 2.45) is 0 Å². The van der Waals surface area contributed by atoms with Gasteiger partial charge in [-0.25, -0.2) is 0 Å². The number of rotatable bonds is 9. The maximum absolute atomic E-state index is 12.4. The Labute approximate surface area is 240 Å². The van der Waals surface area contributed by atoms with E-state index in [9.17, 15) is 10.1 Å². The molecular formula is C31H23ClN4O3S. The third-order valence-corrected chi connectivity index (χ3v) is 7.08. The molecule has 4 aromatic carbocycles. The first-order valence-electron chi connectivity index (χ1n) is 12.4. The molecule has 198 valence electrons. The summed E-state index contributed by atoms with van der Waals surface area (Å²) in [5, 5.41) is 23.9. The van der Waals surface area contributed by atoms with Gasteiger partial charge in [0.2, 0.25) is 5.13 Å². The zero-order valence-electron chi connectivity index (χ0n) is 21.4. The van der Waals surface area contributed by atoms with E-state index in [2.05, 4.69) is 39.8 Å². The molecule has 0 spiro atoms. The third-order valence-electron chi connectivity index (χ3n) is 5.93. The number of amides is 1. The quantitative estimate of drug-likeness (QED) is 0.184. The zero-order valence-corrected chi connectivity index (χ0v) is 23.0. The van der Waals surface area contributed by atoms with E-state index in [1.54, 1.807) is 42.5 Å². The second-order valence-corrected chi connectivity index (χ2v) is 9.98. The van der Waals surface area contributed by atoms with Crippen molar-refractivity contribution >= 4 is 56.4 Å². The summed E-state index contributed by atoms with van der Waals surface area (Å²) >= 11 is 7.76. The molecular weight excluding hydrogens is 544 g/mol. The minimum atomic E-state index is -0.307. The third kappa shape index (κ3) is 6.12. The molecule has 5 aromatic rings. The average molecular weight is 567 g/mol. The number of carbonyl (C=O) groups is 1. The fourth-order valence-electron chi connectivity index (χ4n) is 4.09. The molecule has 0 aliphatic carbocycles. The number of nitrogens with zero attached hydrogens (tertiary/aromatic N) is 3. The van der Waals surface area contributed by atoms with Crippen molar-refractivity contribution in [3.05, 3.63) is 112 Å². The van der Waals surface area contributed by atoms with Crippen molar-refractivity contribution in [3.63, 3.8) is 0 Å². The molecule has 0 unspecified atom stereocenters. The van der Waals surface area contributed by atoms with Gasteiger partial charge in [-0.2, -0.15) is 5.26 Å². The van der Waals surface area contributed by atoms with Crippen LogP contribution in [0.2, 0.25) is 5.02 Å². The molecule has 0 aliphatic rings. The van der Waals surface area contributed by atoms with Crippen molar-refractivity contribution in [2.45, 2.75) is 13.5 Å². The molecule has 0 radical (unpaired) electrons. The van der Waals surface area contributed by atoms with Gasteiger partial charge in [0.25, 0.3) is 5.91 Å². The van der Waals surface area contributed by atoms with Gasteiger partial charge < -0.3 is 9.47 Å². The molecule has 1 N–H and O–H groups in total. The molecule has 0 bridgehead atoms. The van der Waals surface area contributed by atoms with Gasteiger partial charge in [-0.1, -0.05) is 83.6 Å². The molecule has 0 atom stereocenters. The van der Waals surface area contributed by atoms with Crippen LogP contribution in [0.1, 0.15) is 33.4 Å². The summed E-state index contributed by atoms with van der Waals surface area (Å²) < 4.78 is 12.0. The van der Waals surface area contributed by atoms with Crippen LogP contribution in [0.3, 0.4) is 0 Å². The highest BCUT2D eigenvalue weighted by Crippen LogP contribution is 2.39. The largest absolute Gasteiger partial charge is 0.490 e. The molecule has 9 heteroatoms. The standard InChI is InChI=1S/C31H23ClN4O3S/c1-2-38-27-17-20(16-26(32)28(27)39-19-23-13-8-12-21-9-6-7-14-25(21)23)15-24(18-33)30-35-36-31(40-30)34-29(37)22-10-4-3-5-11-22/h3-17H,2,19H2,1H3,(H,34,36,37). The predicted molar refractivity (Wildman–Crippen MR) is 159 cm³/mol. The Morgan fingerprint density at radius 3 is 2.60 bits per heavy atom. The van der Waals surface area contributed by atoms with Crippen molar-refractivity contribution < 1.29 is 14.3 Å². The number of allylic oxidation sites excluding steroid dienone is 1. The number of carbonyl (C=O) groups excluding carboxylic acids is 1. The van der Waals surface area contributed by atoms with E-state index in [1.165, 1.54) is 0 Å². The summed E-state index contributed by atoms with van der Waals surface area (Å²) in [5.41, 5.74) is 2.42. The van der Waals surface area contributed by atoms with Crippen molar-refractivity contribution in [2.75, 3.05) is 11.9 Å². The molecule has 0 aliphatic heterocycles. The summed E-state index contributed by atoms with van der Waals surface area (Å²) in [6, 6.07) is 28.6. The fourth-order valence-corrected chi connectivity index (χ4v) is 5.07. The van der Waals surface area contributed by atoms with Crippen LogP contribution in [0.5, 0.6) is 11.5 Å². The van der Waals surface area contributed by atoms with Gasteiger partial charge in [-0.15, -0.1) is 10.2 Å². The maximum Gasteiger partial charge on any atom is 0.257 e. The number of nitriles is 1. The van der Waals surface area contributed by atoms with Crippen LogP contribution in [0.4, 0.5) is 5.13 Å². The Bertz CT molecular complexity index is 1740. The number of nitrogens with one attached hydrogen (secondary N) is 1. The normalized spacial score (nSPS) is 11.2. The summed E-state index contributed by atoms with van der Waals surface area (Å²) in [4.78, 5) is 12.4. The van der Waals surface area contributed by atoms with E-state index in [0.717, 1.165) is 27.7 Å². The minimum Gasteiger partial charge on any atom is -0.490 e. The van der Waals surface area contributed by atoms with Crippen molar-refractivity contribution in [1.82, 2.24) is 10.2 Å². The molecule has 0 fully saturated rings. The molecule has 1 amide bonds. The highest BCUT2D eigenvalue weighted by atomic mass is 35.5. The van der Waals surface area contributed by atoms with Crippen LogP contribution in [0, 0.1) is 11.3 Å². The van der Waals surface area contributed by atoms with Gasteiger partial charge in [0.15, 0.2) is 16.5 Å². The summed E-state index contributed by atoms with van der Waals surface area (Å²) in [5.74, 6) is 0.582. The molecule has 5 rings (SSSR count). The topological polar surface area (TPSA) is 97.1 Å². The molecule has 7 nitrogen and oxygen atoms in total. The Morgan fingerprint density at radius 2 is 1.80 bits per heavy atom. The van der Waals surface area contributed by atoms with Gasteiger partial charge in [0.1, 0.15) is 12.7 Å².